The molecule has 0 saturated carbocycles. The molecule has 0 radical (unpaired) electrons. The van der Waals surface area contributed by atoms with Crippen molar-refractivity contribution >= 4 is 51.1 Å². The Morgan fingerprint density at radius 1 is 1.19 bits per heavy atom. The van der Waals surface area contributed by atoms with Gasteiger partial charge in [-0.2, -0.15) is 0 Å². The maximum Gasteiger partial charge on any atom is 0.0996 e. The molecular formula is C16H14Cl2N2S. The van der Waals surface area contributed by atoms with Crippen molar-refractivity contribution in [2.24, 2.45) is 0 Å². The number of nitrogens with zero attached hydrogens (tertiary/aromatic N) is 1. The molecule has 3 aromatic rings. The minimum absolute atomic E-state index is 0.0640. The number of para-hydroxylation sites is 1. The predicted octanol–water partition coefficient (Wildman–Crippen LogP) is 6.08. The van der Waals surface area contributed by atoms with Crippen LogP contribution in [0.15, 0.2) is 36.4 Å². The normalized spacial score (nSPS) is 12.6. The van der Waals surface area contributed by atoms with Crippen LogP contribution in [0.5, 0.6) is 0 Å². The second kappa shape index (κ2) is 5.84. The predicted molar refractivity (Wildman–Crippen MR) is 92.9 cm³/mol. The van der Waals surface area contributed by atoms with Crippen LogP contribution in [0.25, 0.3) is 10.9 Å². The fraction of sp³-hybridized carbons (Fsp3) is 0.188. The van der Waals surface area contributed by atoms with E-state index in [1.165, 1.54) is 11.3 Å². The van der Waals surface area contributed by atoms with Gasteiger partial charge in [0.05, 0.1) is 25.9 Å². The quantitative estimate of drug-likeness (QED) is 0.626. The number of rotatable bonds is 3. The van der Waals surface area contributed by atoms with Gasteiger partial charge in [-0.3, -0.25) is 4.98 Å². The van der Waals surface area contributed by atoms with Crippen molar-refractivity contribution in [3.05, 3.63) is 56.3 Å². The topological polar surface area (TPSA) is 24.9 Å². The van der Waals surface area contributed by atoms with Gasteiger partial charge in [0.1, 0.15) is 0 Å². The zero-order chi connectivity index (χ0) is 15.0. The lowest BCUT2D eigenvalue weighted by Crippen LogP contribution is -2.07. The zero-order valence-corrected chi connectivity index (χ0v) is 14.0. The van der Waals surface area contributed by atoms with Gasteiger partial charge >= 0.3 is 0 Å². The zero-order valence-electron chi connectivity index (χ0n) is 11.7. The monoisotopic (exact) mass is 336 g/mol. The smallest absolute Gasteiger partial charge is 0.0996 e. The van der Waals surface area contributed by atoms with Crippen molar-refractivity contribution in [1.82, 2.24) is 4.98 Å². The Morgan fingerprint density at radius 3 is 2.71 bits per heavy atom. The molecule has 1 atom stereocenters. The molecule has 1 N–H and O–H groups in total. The molecule has 0 fully saturated rings. The van der Waals surface area contributed by atoms with Crippen molar-refractivity contribution < 1.29 is 0 Å². The molecule has 2 heterocycles. The number of halogens is 2. The Hall–Kier alpha value is -1.29. The van der Waals surface area contributed by atoms with E-state index in [-0.39, 0.29) is 6.04 Å². The van der Waals surface area contributed by atoms with Gasteiger partial charge in [-0.05, 0) is 32.0 Å². The van der Waals surface area contributed by atoms with Gasteiger partial charge in [0.2, 0.25) is 0 Å². The van der Waals surface area contributed by atoms with Gasteiger partial charge in [0, 0.05) is 16.6 Å². The first-order chi connectivity index (χ1) is 10.0. The van der Waals surface area contributed by atoms with E-state index in [0.717, 1.165) is 32.2 Å². The summed E-state index contributed by atoms with van der Waals surface area (Å²) in [5, 5.41) is 4.60. The molecule has 108 valence electrons. The highest BCUT2D eigenvalue weighted by atomic mass is 35.5. The minimum atomic E-state index is 0.0640. The third kappa shape index (κ3) is 3.00. The fourth-order valence-electron chi connectivity index (χ4n) is 2.32. The highest BCUT2D eigenvalue weighted by molar-refractivity contribution is 7.20. The largest absolute Gasteiger partial charge is 0.377 e. The minimum Gasteiger partial charge on any atom is -0.377 e. The van der Waals surface area contributed by atoms with E-state index in [1.807, 2.05) is 31.2 Å². The molecule has 0 aliphatic heterocycles. The number of benzene rings is 1. The molecule has 0 saturated heterocycles. The molecule has 1 unspecified atom stereocenters. The van der Waals surface area contributed by atoms with Crippen LogP contribution in [0, 0.1) is 6.92 Å². The average molecular weight is 337 g/mol. The van der Waals surface area contributed by atoms with E-state index >= 15 is 0 Å². The van der Waals surface area contributed by atoms with Crippen LogP contribution in [0.4, 0.5) is 5.69 Å². The molecule has 0 bridgehead atoms. The molecule has 2 aromatic heterocycles. The van der Waals surface area contributed by atoms with E-state index < -0.39 is 0 Å². The highest BCUT2D eigenvalue weighted by Crippen LogP contribution is 2.36. The second-order valence-electron chi connectivity index (χ2n) is 4.98. The maximum absolute atomic E-state index is 6.23. The third-order valence-corrected chi connectivity index (χ3v) is 4.90. The summed E-state index contributed by atoms with van der Waals surface area (Å²) in [7, 11) is 0. The van der Waals surface area contributed by atoms with Crippen LogP contribution in [-0.2, 0) is 0 Å². The van der Waals surface area contributed by atoms with Crippen LogP contribution in [-0.4, -0.2) is 4.98 Å². The fourth-order valence-corrected chi connectivity index (χ4v) is 3.97. The van der Waals surface area contributed by atoms with Crippen molar-refractivity contribution in [2.75, 3.05) is 5.32 Å². The molecule has 21 heavy (non-hydrogen) atoms. The lowest BCUT2D eigenvalue weighted by molar-refractivity contribution is 0.892. The maximum atomic E-state index is 6.23. The number of nitrogens with one attached hydrogen (secondary N) is 1. The molecule has 1 aromatic carbocycles. The van der Waals surface area contributed by atoms with Crippen molar-refractivity contribution in [3.8, 4) is 0 Å². The number of hydrogen-bond donors (Lipinski definition) is 1. The van der Waals surface area contributed by atoms with Crippen LogP contribution in [0.2, 0.25) is 8.67 Å². The Labute approximate surface area is 137 Å². The average Bonchev–Trinajstić information content (AvgIpc) is 2.78. The van der Waals surface area contributed by atoms with Crippen molar-refractivity contribution in [2.45, 2.75) is 19.9 Å². The number of anilines is 1. The molecule has 0 aliphatic carbocycles. The van der Waals surface area contributed by atoms with Gasteiger partial charge in [-0.25, -0.2) is 0 Å². The molecule has 0 spiro atoms. The summed E-state index contributed by atoms with van der Waals surface area (Å²) in [5.41, 5.74) is 3.99. The Balaban J connectivity index is 1.98. The first-order valence-electron chi connectivity index (χ1n) is 6.62. The first-order valence-corrected chi connectivity index (χ1v) is 8.19. The number of thiophene rings is 1. The number of pyridine rings is 1. The van der Waals surface area contributed by atoms with Crippen LogP contribution in [0.1, 0.15) is 24.2 Å². The Bertz CT molecular complexity index is 798. The molecule has 0 aliphatic rings. The number of aromatic nitrogens is 1. The standard InChI is InChI=1S/C16H14Cl2N2S/c1-9-6-7-11-4-3-5-13(15(11)19-9)20-10(2)12-8-14(17)21-16(12)18/h3-8,10,20H,1-2H3. The van der Waals surface area contributed by atoms with E-state index in [2.05, 4.69) is 29.4 Å². The summed E-state index contributed by atoms with van der Waals surface area (Å²) in [5.74, 6) is 0. The van der Waals surface area contributed by atoms with E-state index in [0.29, 0.717) is 4.34 Å². The van der Waals surface area contributed by atoms with Gasteiger partial charge in [-0.15, -0.1) is 11.3 Å². The highest BCUT2D eigenvalue weighted by Gasteiger charge is 2.14. The second-order valence-corrected chi connectivity index (χ2v) is 7.26. The third-order valence-electron chi connectivity index (χ3n) is 3.38. The van der Waals surface area contributed by atoms with Crippen molar-refractivity contribution in [1.29, 1.82) is 0 Å². The van der Waals surface area contributed by atoms with Crippen LogP contribution >= 0.6 is 34.5 Å². The Morgan fingerprint density at radius 2 is 2.00 bits per heavy atom. The molecule has 2 nitrogen and oxygen atoms in total. The van der Waals surface area contributed by atoms with E-state index in [9.17, 15) is 0 Å². The summed E-state index contributed by atoms with van der Waals surface area (Å²) < 4.78 is 1.43. The molecule has 5 heteroatoms. The summed E-state index contributed by atoms with van der Waals surface area (Å²) in [6.45, 7) is 4.06. The Kier molecular flexibility index (Phi) is 4.07. The number of fused-ring (bicyclic) bond motifs is 1. The summed E-state index contributed by atoms with van der Waals surface area (Å²) in [4.78, 5) is 4.63. The molecular weight excluding hydrogens is 323 g/mol. The van der Waals surface area contributed by atoms with Gasteiger partial charge in [0.25, 0.3) is 0 Å². The summed E-state index contributed by atoms with van der Waals surface area (Å²) in [6, 6.07) is 12.2. The summed E-state index contributed by atoms with van der Waals surface area (Å²) in [6.07, 6.45) is 0. The molecule has 3 rings (SSSR count). The van der Waals surface area contributed by atoms with Crippen LogP contribution < -0.4 is 5.32 Å². The number of aryl methyl sites for hydroxylation is 1. The SMILES string of the molecule is Cc1ccc2cccc(NC(C)c3cc(Cl)sc3Cl)c2n1. The lowest BCUT2D eigenvalue weighted by Gasteiger charge is -2.16. The van der Waals surface area contributed by atoms with E-state index in [1.54, 1.807) is 0 Å². The lowest BCUT2D eigenvalue weighted by atomic mass is 10.1. The summed E-state index contributed by atoms with van der Waals surface area (Å²) >= 11 is 13.6. The van der Waals surface area contributed by atoms with Gasteiger partial charge < -0.3 is 5.32 Å². The van der Waals surface area contributed by atoms with Gasteiger partial charge in [0.15, 0.2) is 0 Å². The van der Waals surface area contributed by atoms with Crippen molar-refractivity contribution in [3.63, 3.8) is 0 Å². The van der Waals surface area contributed by atoms with Crippen LogP contribution in [0.3, 0.4) is 0 Å². The molecule has 0 amide bonds. The number of hydrogen-bond acceptors (Lipinski definition) is 3. The first kappa shape index (κ1) is 14.6. The van der Waals surface area contributed by atoms with E-state index in [4.69, 9.17) is 23.2 Å². The van der Waals surface area contributed by atoms with Gasteiger partial charge in [-0.1, -0.05) is 41.4 Å².